The van der Waals surface area contributed by atoms with Crippen molar-refractivity contribution in [3.05, 3.63) is 81.7 Å². The standard InChI is InChI=1S/C23H18N2O2S/c1-27-18-9-7-15(8-10-18)13-17-11-12-25-21(17)24-22-20(23(25)26)19(14-28-22)16-5-3-2-4-6-16/h2-10,13-14H,11-12H2,1H3/b17-13+. The van der Waals surface area contributed by atoms with Crippen LogP contribution in [0.15, 0.2) is 64.8 Å². The van der Waals surface area contributed by atoms with Crippen molar-refractivity contribution in [1.82, 2.24) is 9.55 Å². The fraction of sp³-hybridized carbons (Fsp3) is 0.130. The van der Waals surface area contributed by atoms with Crippen molar-refractivity contribution in [2.75, 3.05) is 7.11 Å². The van der Waals surface area contributed by atoms with E-state index in [1.165, 1.54) is 11.3 Å². The van der Waals surface area contributed by atoms with Gasteiger partial charge in [-0.1, -0.05) is 42.5 Å². The van der Waals surface area contributed by atoms with Crippen molar-refractivity contribution in [1.29, 1.82) is 0 Å². The molecule has 4 aromatic rings. The van der Waals surface area contributed by atoms with Gasteiger partial charge < -0.3 is 4.74 Å². The Morgan fingerprint density at radius 3 is 2.64 bits per heavy atom. The maximum absolute atomic E-state index is 13.2. The SMILES string of the molecule is COc1ccc(/C=C2\CCn3c2nc2scc(-c4ccccc4)c2c3=O)cc1. The summed E-state index contributed by atoms with van der Waals surface area (Å²) < 4.78 is 7.04. The lowest BCUT2D eigenvalue weighted by atomic mass is 10.1. The number of nitrogens with zero attached hydrogens (tertiary/aromatic N) is 2. The van der Waals surface area contributed by atoms with Crippen LogP contribution in [0.25, 0.3) is 33.0 Å². The number of hydrogen-bond donors (Lipinski definition) is 0. The maximum atomic E-state index is 13.2. The molecule has 3 heterocycles. The molecule has 1 aliphatic rings. The van der Waals surface area contributed by atoms with Gasteiger partial charge in [0.1, 0.15) is 16.4 Å². The van der Waals surface area contributed by atoms with Crippen molar-refractivity contribution >= 4 is 33.2 Å². The molecule has 0 bridgehead atoms. The van der Waals surface area contributed by atoms with Gasteiger partial charge in [-0.25, -0.2) is 4.98 Å². The van der Waals surface area contributed by atoms with E-state index in [0.717, 1.165) is 50.5 Å². The second kappa shape index (κ2) is 6.77. The first kappa shape index (κ1) is 17.0. The summed E-state index contributed by atoms with van der Waals surface area (Å²) in [6, 6.07) is 18.0. The second-order valence-corrected chi connectivity index (χ2v) is 7.64. The molecule has 0 spiro atoms. The predicted molar refractivity (Wildman–Crippen MR) is 115 cm³/mol. The zero-order chi connectivity index (χ0) is 19.1. The Morgan fingerprint density at radius 1 is 1.11 bits per heavy atom. The molecule has 0 saturated heterocycles. The fourth-order valence-electron chi connectivity index (χ4n) is 3.69. The number of benzene rings is 2. The quantitative estimate of drug-likeness (QED) is 0.493. The summed E-state index contributed by atoms with van der Waals surface area (Å²) in [5, 5.41) is 2.77. The lowest BCUT2D eigenvalue weighted by Gasteiger charge is -2.05. The molecule has 28 heavy (non-hydrogen) atoms. The summed E-state index contributed by atoms with van der Waals surface area (Å²) in [7, 11) is 1.66. The van der Waals surface area contributed by atoms with E-state index in [9.17, 15) is 4.79 Å². The van der Waals surface area contributed by atoms with E-state index >= 15 is 0 Å². The van der Waals surface area contributed by atoms with Crippen LogP contribution >= 0.6 is 11.3 Å². The van der Waals surface area contributed by atoms with Crippen LogP contribution in [0.5, 0.6) is 5.75 Å². The molecule has 4 nitrogen and oxygen atoms in total. The van der Waals surface area contributed by atoms with Crippen molar-refractivity contribution in [3.8, 4) is 16.9 Å². The number of fused-ring (bicyclic) bond motifs is 2. The highest BCUT2D eigenvalue weighted by molar-refractivity contribution is 7.17. The molecule has 2 aromatic carbocycles. The minimum Gasteiger partial charge on any atom is -0.497 e. The van der Waals surface area contributed by atoms with E-state index in [2.05, 4.69) is 6.08 Å². The van der Waals surface area contributed by atoms with E-state index in [0.29, 0.717) is 6.54 Å². The monoisotopic (exact) mass is 386 g/mol. The summed E-state index contributed by atoms with van der Waals surface area (Å²) in [4.78, 5) is 18.9. The Kier molecular flexibility index (Phi) is 4.10. The van der Waals surface area contributed by atoms with Crippen LogP contribution in [-0.2, 0) is 6.54 Å². The van der Waals surface area contributed by atoms with E-state index in [1.807, 2.05) is 64.5 Å². The molecule has 0 fully saturated rings. The summed E-state index contributed by atoms with van der Waals surface area (Å²) in [5.41, 5.74) is 4.26. The molecular formula is C23H18N2O2S. The van der Waals surface area contributed by atoms with Crippen LogP contribution in [0, 0.1) is 0 Å². The van der Waals surface area contributed by atoms with E-state index in [1.54, 1.807) is 7.11 Å². The predicted octanol–water partition coefficient (Wildman–Crippen LogP) is 5.08. The largest absolute Gasteiger partial charge is 0.497 e. The average Bonchev–Trinajstić information content (AvgIpc) is 3.35. The van der Waals surface area contributed by atoms with Gasteiger partial charge in [-0.3, -0.25) is 9.36 Å². The molecule has 2 aromatic heterocycles. The Balaban J connectivity index is 1.62. The third-order valence-corrected chi connectivity index (χ3v) is 6.00. The van der Waals surface area contributed by atoms with Gasteiger partial charge in [-0.15, -0.1) is 11.3 Å². The Morgan fingerprint density at radius 2 is 1.89 bits per heavy atom. The van der Waals surface area contributed by atoms with Gasteiger partial charge in [0.2, 0.25) is 0 Å². The number of ether oxygens (including phenoxy) is 1. The number of methoxy groups -OCH3 is 1. The number of thiophene rings is 1. The molecule has 0 atom stereocenters. The maximum Gasteiger partial charge on any atom is 0.263 e. The Hall–Kier alpha value is -3.18. The highest BCUT2D eigenvalue weighted by atomic mass is 32.1. The first-order valence-corrected chi connectivity index (χ1v) is 10.0. The van der Waals surface area contributed by atoms with Gasteiger partial charge in [0.05, 0.1) is 12.5 Å². The third kappa shape index (κ3) is 2.75. The molecule has 1 aliphatic heterocycles. The van der Waals surface area contributed by atoms with Crippen molar-refractivity contribution < 1.29 is 4.74 Å². The van der Waals surface area contributed by atoms with Crippen LogP contribution in [0.2, 0.25) is 0 Å². The van der Waals surface area contributed by atoms with E-state index < -0.39 is 0 Å². The average molecular weight is 386 g/mol. The lowest BCUT2D eigenvalue weighted by molar-refractivity contribution is 0.415. The zero-order valence-corrected chi connectivity index (χ0v) is 16.2. The normalized spacial score (nSPS) is 14.5. The molecule has 0 amide bonds. The van der Waals surface area contributed by atoms with Crippen molar-refractivity contribution in [2.45, 2.75) is 13.0 Å². The van der Waals surface area contributed by atoms with Crippen molar-refractivity contribution in [2.24, 2.45) is 0 Å². The number of hydrogen-bond acceptors (Lipinski definition) is 4. The first-order chi connectivity index (χ1) is 13.7. The molecule has 0 saturated carbocycles. The number of rotatable bonds is 3. The summed E-state index contributed by atoms with van der Waals surface area (Å²) in [6.45, 7) is 0.670. The highest BCUT2D eigenvalue weighted by Crippen LogP contribution is 2.34. The van der Waals surface area contributed by atoms with Gasteiger partial charge in [0.25, 0.3) is 5.56 Å². The van der Waals surface area contributed by atoms with Crippen LogP contribution < -0.4 is 10.3 Å². The summed E-state index contributed by atoms with van der Waals surface area (Å²) in [5.74, 6) is 1.62. The molecule has 5 rings (SSSR count). The third-order valence-electron chi connectivity index (χ3n) is 5.13. The minimum absolute atomic E-state index is 0.0539. The number of allylic oxidation sites excluding steroid dienone is 1. The number of aromatic nitrogens is 2. The van der Waals surface area contributed by atoms with Crippen LogP contribution in [0.3, 0.4) is 0 Å². The molecule has 0 aliphatic carbocycles. The Labute approximate surface area is 166 Å². The fourth-order valence-corrected chi connectivity index (χ4v) is 4.63. The summed E-state index contributed by atoms with van der Waals surface area (Å²) >= 11 is 1.53. The minimum atomic E-state index is 0.0539. The first-order valence-electron chi connectivity index (χ1n) is 9.17. The Bertz CT molecular complexity index is 1250. The smallest absolute Gasteiger partial charge is 0.263 e. The van der Waals surface area contributed by atoms with Crippen LogP contribution in [0.1, 0.15) is 17.8 Å². The van der Waals surface area contributed by atoms with Gasteiger partial charge in [-0.2, -0.15) is 0 Å². The summed E-state index contributed by atoms with van der Waals surface area (Å²) in [6.07, 6.45) is 2.93. The molecule has 0 radical (unpaired) electrons. The second-order valence-electron chi connectivity index (χ2n) is 6.78. The van der Waals surface area contributed by atoms with Gasteiger partial charge >= 0.3 is 0 Å². The van der Waals surface area contributed by atoms with Gasteiger partial charge in [0, 0.05) is 17.5 Å². The van der Waals surface area contributed by atoms with Crippen LogP contribution in [0.4, 0.5) is 0 Å². The molecule has 138 valence electrons. The van der Waals surface area contributed by atoms with E-state index in [-0.39, 0.29) is 5.56 Å². The van der Waals surface area contributed by atoms with Gasteiger partial charge in [-0.05, 0) is 41.3 Å². The topological polar surface area (TPSA) is 44.1 Å². The zero-order valence-electron chi connectivity index (χ0n) is 15.4. The molecule has 0 unspecified atom stereocenters. The highest BCUT2D eigenvalue weighted by Gasteiger charge is 2.23. The van der Waals surface area contributed by atoms with E-state index in [4.69, 9.17) is 9.72 Å². The van der Waals surface area contributed by atoms with Crippen LogP contribution in [-0.4, -0.2) is 16.7 Å². The van der Waals surface area contributed by atoms with Gasteiger partial charge in [0.15, 0.2) is 0 Å². The lowest BCUT2D eigenvalue weighted by Crippen LogP contribution is -2.20. The van der Waals surface area contributed by atoms with Crippen molar-refractivity contribution in [3.63, 3.8) is 0 Å². The molecular weight excluding hydrogens is 368 g/mol. The molecule has 0 N–H and O–H groups in total. The molecule has 5 heteroatoms.